The third kappa shape index (κ3) is 3.13. The van der Waals surface area contributed by atoms with Gasteiger partial charge in [-0.3, -0.25) is 9.88 Å². The first-order valence-electron chi connectivity index (χ1n) is 8.97. The second-order valence-electron chi connectivity index (χ2n) is 7.45. The summed E-state index contributed by atoms with van der Waals surface area (Å²) >= 11 is 0. The molecule has 0 bridgehead atoms. The molecule has 1 aromatic rings. The summed E-state index contributed by atoms with van der Waals surface area (Å²) in [4.78, 5) is 20.8. The predicted octanol–water partition coefficient (Wildman–Crippen LogP) is 1.34. The SMILES string of the molecule is O=C(NC[C@@]12COC[C@@H]1CN(Cc1ccncc1)C2)N1CCCC1. The van der Waals surface area contributed by atoms with E-state index in [0.29, 0.717) is 5.92 Å². The molecular weight excluding hydrogens is 304 g/mol. The molecule has 0 unspecified atom stereocenters. The molecule has 2 atom stereocenters. The van der Waals surface area contributed by atoms with Gasteiger partial charge in [-0.05, 0) is 30.5 Å². The fraction of sp³-hybridized carbons (Fsp3) is 0.667. The lowest BCUT2D eigenvalue weighted by Crippen LogP contribution is -2.47. The van der Waals surface area contributed by atoms with Crippen LogP contribution in [-0.2, 0) is 11.3 Å². The van der Waals surface area contributed by atoms with Crippen LogP contribution in [0.4, 0.5) is 4.79 Å². The number of urea groups is 1. The third-order valence-electron chi connectivity index (χ3n) is 5.73. The standard InChI is InChI=1S/C18H26N4O2/c23-17(22-7-1-2-8-22)20-12-18-13-21(10-16(18)11-24-14-18)9-15-3-5-19-6-4-15/h3-6,16H,1-2,7-14H2,(H,20,23)/t16-,18+/m0/s1. The molecule has 0 spiro atoms. The van der Waals surface area contributed by atoms with Gasteiger partial charge < -0.3 is 15.0 Å². The van der Waals surface area contributed by atoms with Crippen LogP contribution >= 0.6 is 0 Å². The number of carbonyl (C=O) groups excluding carboxylic acids is 1. The minimum Gasteiger partial charge on any atom is -0.380 e. The molecule has 3 fully saturated rings. The molecule has 0 radical (unpaired) electrons. The van der Waals surface area contributed by atoms with Crippen molar-refractivity contribution in [2.75, 3.05) is 45.9 Å². The van der Waals surface area contributed by atoms with Gasteiger partial charge >= 0.3 is 6.03 Å². The molecule has 1 aromatic heterocycles. The zero-order valence-corrected chi connectivity index (χ0v) is 14.1. The van der Waals surface area contributed by atoms with E-state index in [-0.39, 0.29) is 11.4 Å². The van der Waals surface area contributed by atoms with E-state index in [0.717, 1.165) is 65.3 Å². The quantitative estimate of drug-likeness (QED) is 0.905. The number of pyridine rings is 1. The molecule has 6 heteroatoms. The fourth-order valence-corrected chi connectivity index (χ4v) is 4.34. The first kappa shape index (κ1) is 15.8. The van der Waals surface area contributed by atoms with Gasteiger partial charge in [0.25, 0.3) is 0 Å². The molecule has 0 aliphatic carbocycles. The van der Waals surface area contributed by atoms with Crippen LogP contribution in [0.3, 0.4) is 0 Å². The Labute approximate surface area is 143 Å². The minimum atomic E-state index is 0.0718. The van der Waals surface area contributed by atoms with Crippen molar-refractivity contribution in [3.63, 3.8) is 0 Å². The summed E-state index contributed by atoms with van der Waals surface area (Å²) in [6.45, 7) is 7.06. The second kappa shape index (κ2) is 6.69. The highest BCUT2D eigenvalue weighted by atomic mass is 16.5. The molecule has 3 aliphatic rings. The third-order valence-corrected chi connectivity index (χ3v) is 5.73. The van der Waals surface area contributed by atoms with Crippen LogP contribution in [0.15, 0.2) is 24.5 Å². The Morgan fingerprint density at radius 3 is 2.92 bits per heavy atom. The number of likely N-dealkylation sites (tertiary alicyclic amines) is 2. The number of nitrogens with one attached hydrogen (secondary N) is 1. The van der Waals surface area contributed by atoms with Crippen molar-refractivity contribution in [1.82, 2.24) is 20.1 Å². The molecule has 6 nitrogen and oxygen atoms in total. The summed E-state index contributed by atoms with van der Waals surface area (Å²) in [6, 6.07) is 4.25. The fourth-order valence-electron chi connectivity index (χ4n) is 4.34. The van der Waals surface area contributed by atoms with Crippen molar-refractivity contribution in [1.29, 1.82) is 0 Å². The zero-order chi connectivity index (χ0) is 16.4. The van der Waals surface area contributed by atoms with Crippen molar-refractivity contribution in [3.8, 4) is 0 Å². The lowest BCUT2D eigenvalue weighted by molar-refractivity contribution is 0.125. The van der Waals surface area contributed by atoms with Gasteiger partial charge in [0.1, 0.15) is 0 Å². The average molecular weight is 330 g/mol. The van der Waals surface area contributed by atoms with Gasteiger partial charge in [0, 0.05) is 63.0 Å². The van der Waals surface area contributed by atoms with E-state index in [1.807, 2.05) is 17.3 Å². The Balaban J connectivity index is 1.36. The highest BCUT2D eigenvalue weighted by Crippen LogP contribution is 2.41. The zero-order valence-electron chi connectivity index (χ0n) is 14.1. The van der Waals surface area contributed by atoms with E-state index in [1.54, 1.807) is 0 Å². The molecular formula is C18H26N4O2. The van der Waals surface area contributed by atoms with Crippen molar-refractivity contribution < 1.29 is 9.53 Å². The van der Waals surface area contributed by atoms with E-state index in [2.05, 4.69) is 27.3 Å². The van der Waals surface area contributed by atoms with Gasteiger partial charge in [-0.25, -0.2) is 4.79 Å². The number of hydrogen-bond acceptors (Lipinski definition) is 4. The highest BCUT2D eigenvalue weighted by molar-refractivity contribution is 5.74. The largest absolute Gasteiger partial charge is 0.380 e. The van der Waals surface area contributed by atoms with Crippen LogP contribution in [0.25, 0.3) is 0 Å². The highest BCUT2D eigenvalue weighted by Gasteiger charge is 2.50. The van der Waals surface area contributed by atoms with E-state index < -0.39 is 0 Å². The van der Waals surface area contributed by atoms with Crippen LogP contribution in [-0.4, -0.2) is 66.8 Å². The van der Waals surface area contributed by atoms with Crippen LogP contribution in [0.2, 0.25) is 0 Å². The van der Waals surface area contributed by atoms with Crippen molar-refractivity contribution in [3.05, 3.63) is 30.1 Å². The lowest BCUT2D eigenvalue weighted by Gasteiger charge is -2.29. The summed E-state index contributed by atoms with van der Waals surface area (Å²) in [6.07, 6.45) is 5.96. The maximum atomic E-state index is 12.3. The van der Waals surface area contributed by atoms with Gasteiger partial charge in [-0.2, -0.15) is 0 Å². The molecule has 130 valence electrons. The van der Waals surface area contributed by atoms with E-state index in [4.69, 9.17) is 4.74 Å². The van der Waals surface area contributed by atoms with Crippen molar-refractivity contribution in [2.24, 2.45) is 11.3 Å². The molecule has 4 heterocycles. The average Bonchev–Trinajstić information content (AvgIpc) is 3.29. The molecule has 24 heavy (non-hydrogen) atoms. The number of fused-ring (bicyclic) bond motifs is 1. The topological polar surface area (TPSA) is 57.7 Å². The van der Waals surface area contributed by atoms with Gasteiger partial charge in [-0.1, -0.05) is 0 Å². The number of hydrogen-bond donors (Lipinski definition) is 1. The van der Waals surface area contributed by atoms with Crippen LogP contribution < -0.4 is 5.32 Å². The van der Waals surface area contributed by atoms with Gasteiger partial charge in [0.05, 0.1) is 13.2 Å². The monoisotopic (exact) mass is 330 g/mol. The maximum absolute atomic E-state index is 12.3. The van der Waals surface area contributed by atoms with Crippen LogP contribution in [0.1, 0.15) is 18.4 Å². The molecule has 1 N–H and O–H groups in total. The number of nitrogens with zero attached hydrogens (tertiary/aromatic N) is 3. The first-order chi connectivity index (χ1) is 11.8. The second-order valence-corrected chi connectivity index (χ2v) is 7.45. The summed E-state index contributed by atoms with van der Waals surface area (Å²) in [5, 5.41) is 3.18. The number of ether oxygens (including phenoxy) is 1. The number of amides is 2. The molecule has 0 saturated carbocycles. The minimum absolute atomic E-state index is 0.0718. The van der Waals surface area contributed by atoms with Crippen LogP contribution in [0.5, 0.6) is 0 Å². The summed E-state index contributed by atoms with van der Waals surface area (Å²) < 4.78 is 5.77. The van der Waals surface area contributed by atoms with E-state index in [1.165, 1.54) is 5.56 Å². The van der Waals surface area contributed by atoms with Gasteiger partial charge in [-0.15, -0.1) is 0 Å². The first-order valence-corrected chi connectivity index (χ1v) is 8.97. The van der Waals surface area contributed by atoms with Gasteiger partial charge in [0.15, 0.2) is 0 Å². The summed E-state index contributed by atoms with van der Waals surface area (Å²) in [7, 11) is 0. The van der Waals surface area contributed by atoms with Crippen molar-refractivity contribution in [2.45, 2.75) is 19.4 Å². The normalized spacial score (nSPS) is 29.8. The molecule has 4 rings (SSSR count). The number of aromatic nitrogens is 1. The smallest absolute Gasteiger partial charge is 0.317 e. The Hall–Kier alpha value is -1.66. The number of carbonyl (C=O) groups is 1. The Morgan fingerprint density at radius 2 is 2.12 bits per heavy atom. The molecule has 3 saturated heterocycles. The van der Waals surface area contributed by atoms with E-state index >= 15 is 0 Å². The van der Waals surface area contributed by atoms with E-state index in [9.17, 15) is 4.79 Å². The maximum Gasteiger partial charge on any atom is 0.317 e. The predicted molar refractivity (Wildman–Crippen MR) is 90.5 cm³/mol. The number of rotatable bonds is 4. The molecule has 2 amide bonds. The summed E-state index contributed by atoms with van der Waals surface area (Å²) in [5.41, 5.74) is 1.37. The van der Waals surface area contributed by atoms with Crippen LogP contribution in [0, 0.1) is 11.3 Å². The molecule has 0 aromatic carbocycles. The lowest BCUT2D eigenvalue weighted by atomic mass is 9.81. The van der Waals surface area contributed by atoms with Crippen molar-refractivity contribution >= 4 is 6.03 Å². The Bertz CT molecular complexity index is 576. The van der Waals surface area contributed by atoms with Gasteiger partial charge in [0.2, 0.25) is 0 Å². The summed E-state index contributed by atoms with van der Waals surface area (Å²) in [5.74, 6) is 0.512. The Morgan fingerprint density at radius 1 is 1.33 bits per heavy atom. The Kier molecular flexibility index (Phi) is 4.41. The molecule has 3 aliphatic heterocycles.